The molecule has 0 bridgehead atoms. The van der Waals surface area contributed by atoms with Gasteiger partial charge in [-0.3, -0.25) is 0 Å². The number of anilines is 1. The second-order valence-corrected chi connectivity index (χ2v) is 8.64. The molecule has 4 aromatic rings. The van der Waals surface area contributed by atoms with Gasteiger partial charge in [-0.2, -0.15) is 4.98 Å². The Morgan fingerprint density at radius 2 is 1.45 bits per heavy atom. The van der Waals surface area contributed by atoms with Crippen molar-refractivity contribution in [2.24, 2.45) is 0 Å². The summed E-state index contributed by atoms with van der Waals surface area (Å²) in [6.07, 6.45) is 0.628. The zero-order valence-electron chi connectivity index (χ0n) is 16.3. The van der Waals surface area contributed by atoms with Gasteiger partial charge in [0.1, 0.15) is 11.6 Å². The molecule has 0 atom stereocenters. The van der Waals surface area contributed by atoms with Crippen molar-refractivity contribution in [3.63, 3.8) is 0 Å². The standard InChI is InChI=1S/C23H18F2N2O3S/c24-18-8-6-17(7-9-18)21-27-23(31(28,29)20-12-10-19(25)11-13-20)22(30-21)26-15-14-16-4-2-1-3-5-16/h1-13,26H,14-15H2. The van der Waals surface area contributed by atoms with Crippen molar-refractivity contribution >= 4 is 15.7 Å². The Bertz CT molecular complexity index is 1270. The number of nitrogens with zero attached hydrogens (tertiary/aromatic N) is 1. The van der Waals surface area contributed by atoms with Crippen LogP contribution in [0.5, 0.6) is 0 Å². The summed E-state index contributed by atoms with van der Waals surface area (Å²) in [6.45, 7) is 0.397. The molecule has 0 spiro atoms. The van der Waals surface area contributed by atoms with E-state index in [-0.39, 0.29) is 21.7 Å². The van der Waals surface area contributed by atoms with Crippen LogP contribution in [0.3, 0.4) is 0 Å². The van der Waals surface area contributed by atoms with Gasteiger partial charge in [0, 0.05) is 12.1 Å². The predicted octanol–water partition coefficient (Wildman–Crippen LogP) is 5.11. The molecular weight excluding hydrogens is 422 g/mol. The normalized spacial score (nSPS) is 11.4. The highest BCUT2D eigenvalue weighted by Gasteiger charge is 2.28. The Balaban J connectivity index is 1.69. The highest BCUT2D eigenvalue weighted by molar-refractivity contribution is 7.91. The zero-order chi connectivity index (χ0) is 21.8. The molecule has 0 saturated heterocycles. The third kappa shape index (κ3) is 4.64. The molecule has 1 aromatic heterocycles. The van der Waals surface area contributed by atoms with E-state index in [1.54, 1.807) is 0 Å². The number of hydrogen-bond donors (Lipinski definition) is 1. The van der Waals surface area contributed by atoms with Crippen LogP contribution in [0.4, 0.5) is 14.7 Å². The summed E-state index contributed by atoms with van der Waals surface area (Å²) < 4.78 is 58.6. The molecule has 0 unspecified atom stereocenters. The summed E-state index contributed by atoms with van der Waals surface area (Å²) in [7, 11) is -4.08. The van der Waals surface area contributed by atoms with Crippen LogP contribution < -0.4 is 5.32 Å². The second-order valence-electron chi connectivity index (χ2n) is 6.78. The van der Waals surface area contributed by atoms with Crippen molar-refractivity contribution in [2.75, 3.05) is 11.9 Å². The van der Waals surface area contributed by atoms with E-state index < -0.39 is 21.5 Å². The number of nitrogens with one attached hydrogen (secondary N) is 1. The molecule has 8 heteroatoms. The van der Waals surface area contributed by atoms with Gasteiger partial charge in [0.25, 0.3) is 0 Å². The number of oxazole rings is 1. The molecule has 0 fully saturated rings. The number of halogens is 2. The van der Waals surface area contributed by atoms with Crippen LogP contribution in [0.1, 0.15) is 5.56 Å². The lowest BCUT2D eigenvalue weighted by Crippen LogP contribution is -2.09. The van der Waals surface area contributed by atoms with Crippen molar-refractivity contribution in [3.8, 4) is 11.5 Å². The van der Waals surface area contributed by atoms with Gasteiger partial charge in [0.15, 0.2) is 0 Å². The van der Waals surface area contributed by atoms with E-state index >= 15 is 0 Å². The van der Waals surface area contributed by atoms with Crippen LogP contribution >= 0.6 is 0 Å². The van der Waals surface area contributed by atoms with Gasteiger partial charge in [-0.25, -0.2) is 17.2 Å². The largest absolute Gasteiger partial charge is 0.419 e. The van der Waals surface area contributed by atoms with E-state index in [0.29, 0.717) is 18.5 Å². The molecule has 158 valence electrons. The summed E-state index contributed by atoms with van der Waals surface area (Å²) in [4.78, 5) is 4.06. The van der Waals surface area contributed by atoms with Gasteiger partial charge < -0.3 is 9.73 Å². The number of benzene rings is 3. The molecule has 0 saturated carbocycles. The molecule has 31 heavy (non-hydrogen) atoms. The Labute approximate surface area is 178 Å². The molecule has 1 heterocycles. The minimum Gasteiger partial charge on any atom is -0.419 e. The summed E-state index contributed by atoms with van der Waals surface area (Å²) in [5.41, 5.74) is 1.49. The van der Waals surface area contributed by atoms with E-state index in [0.717, 1.165) is 17.7 Å². The van der Waals surface area contributed by atoms with Crippen molar-refractivity contribution in [3.05, 3.63) is 96.1 Å². The monoisotopic (exact) mass is 440 g/mol. The van der Waals surface area contributed by atoms with Crippen molar-refractivity contribution in [1.82, 2.24) is 4.98 Å². The first-order valence-electron chi connectivity index (χ1n) is 9.49. The minimum atomic E-state index is -4.08. The fourth-order valence-electron chi connectivity index (χ4n) is 3.01. The second kappa shape index (κ2) is 8.69. The van der Waals surface area contributed by atoms with Gasteiger partial charge in [0.2, 0.25) is 26.6 Å². The van der Waals surface area contributed by atoms with Gasteiger partial charge in [-0.05, 0) is 60.5 Å². The number of aromatic nitrogens is 1. The number of rotatable bonds is 7. The van der Waals surface area contributed by atoms with Gasteiger partial charge in [-0.1, -0.05) is 30.3 Å². The van der Waals surface area contributed by atoms with Crippen LogP contribution in [-0.4, -0.2) is 19.9 Å². The van der Waals surface area contributed by atoms with Crippen LogP contribution in [0.25, 0.3) is 11.5 Å². The molecule has 0 aliphatic rings. The van der Waals surface area contributed by atoms with Crippen LogP contribution in [0.2, 0.25) is 0 Å². The molecular formula is C23H18F2N2O3S. The molecule has 1 N–H and O–H groups in total. The first kappa shape index (κ1) is 20.7. The summed E-state index contributed by atoms with van der Waals surface area (Å²) in [6, 6.07) is 19.5. The fourth-order valence-corrected chi connectivity index (χ4v) is 4.28. The first-order chi connectivity index (χ1) is 14.9. The lowest BCUT2D eigenvalue weighted by molar-refractivity contribution is 0.576. The summed E-state index contributed by atoms with van der Waals surface area (Å²) >= 11 is 0. The molecule has 0 aliphatic carbocycles. The average molecular weight is 440 g/mol. The van der Waals surface area contributed by atoms with Crippen molar-refractivity contribution in [1.29, 1.82) is 0 Å². The van der Waals surface area contributed by atoms with E-state index in [9.17, 15) is 17.2 Å². The van der Waals surface area contributed by atoms with Crippen LogP contribution in [-0.2, 0) is 16.3 Å². The SMILES string of the molecule is O=S(=O)(c1ccc(F)cc1)c1nc(-c2ccc(F)cc2)oc1NCCc1ccccc1. The van der Waals surface area contributed by atoms with E-state index in [2.05, 4.69) is 10.3 Å². The third-order valence-electron chi connectivity index (χ3n) is 4.61. The van der Waals surface area contributed by atoms with Gasteiger partial charge >= 0.3 is 0 Å². The lowest BCUT2D eigenvalue weighted by Gasteiger charge is -2.06. The van der Waals surface area contributed by atoms with Crippen LogP contribution in [0, 0.1) is 11.6 Å². The molecule has 3 aromatic carbocycles. The molecule has 5 nitrogen and oxygen atoms in total. The highest BCUT2D eigenvalue weighted by atomic mass is 32.2. The molecule has 0 amide bonds. The maximum Gasteiger partial charge on any atom is 0.233 e. The quantitative estimate of drug-likeness (QED) is 0.405. The molecule has 0 radical (unpaired) electrons. The Kier molecular flexibility index (Phi) is 5.81. The van der Waals surface area contributed by atoms with Crippen LogP contribution in [0.15, 0.2) is 93.2 Å². The summed E-state index contributed by atoms with van der Waals surface area (Å²) in [5, 5.41) is 2.68. The van der Waals surface area contributed by atoms with E-state index in [1.807, 2.05) is 30.3 Å². The maximum atomic E-state index is 13.3. The Morgan fingerprint density at radius 1 is 0.839 bits per heavy atom. The maximum absolute atomic E-state index is 13.3. The summed E-state index contributed by atoms with van der Waals surface area (Å²) in [5.74, 6) is -0.981. The van der Waals surface area contributed by atoms with E-state index in [1.165, 1.54) is 36.4 Å². The topological polar surface area (TPSA) is 72.2 Å². The van der Waals surface area contributed by atoms with Gasteiger partial charge in [-0.15, -0.1) is 0 Å². The van der Waals surface area contributed by atoms with Gasteiger partial charge in [0.05, 0.1) is 4.90 Å². The Hall–Kier alpha value is -3.52. The number of hydrogen-bond acceptors (Lipinski definition) is 5. The minimum absolute atomic E-state index is 0.0282. The smallest absolute Gasteiger partial charge is 0.233 e. The van der Waals surface area contributed by atoms with E-state index in [4.69, 9.17) is 4.42 Å². The predicted molar refractivity (Wildman–Crippen MR) is 112 cm³/mol. The van der Waals surface area contributed by atoms with Crippen molar-refractivity contribution < 1.29 is 21.6 Å². The highest BCUT2D eigenvalue weighted by Crippen LogP contribution is 2.32. The number of sulfone groups is 1. The zero-order valence-corrected chi connectivity index (χ0v) is 17.1. The average Bonchev–Trinajstić information content (AvgIpc) is 3.20. The Morgan fingerprint density at radius 3 is 2.10 bits per heavy atom. The molecule has 4 rings (SSSR count). The molecule has 0 aliphatic heterocycles. The third-order valence-corrected chi connectivity index (χ3v) is 6.29. The fraction of sp³-hybridized carbons (Fsp3) is 0.0870. The lowest BCUT2D eigenvalue weighted by atomic mass is 10.1. The van der Waals surface area contributed by atoms with Crippen molar-refractivity contribution in [2.45, 2.75) is 16.3 Å². The first-order valence-corrected chi connectivity index (χ1v) is 11.0.